The summed E-state index contributed by atoms with van der Waals surface area (Å²) >= 11 is 0. The number of hydrogen-bond acceptors (Lipinski definition) is 2. The molecule has 18 heavy (non-hydrogen) atoms. The van der Waals surface area contributed by atoms with Crippen LogP contribution in [0.4, 0.5) is 8.78 Å². The van der Waals surface area contributed by atoms with Crippen molar-refractivity contribution in [3.8, 4) is 5.75 Å². The van der Waals surface area contributed by atoms with Crippen molar-refractivity contribution < 1.29 is 13.5 Å². The highest BCUT2D eigenvalue weighted by Crippen LogP contribution is 2.17. The number of rotatable bonds is 4. The van der Waals surface area contributed by atoms with Gasteiger partial charge in [0.2, 0.25) is 0 Å². The fraction of sp³-hybridized carbons (Fsp3) is 0.143. The van der Waals surface area contributed by atoms with Crippen molar-refractivity contribution in [2.45, 2.75) is 6.04 Å². The molecule has 0 radical (unpaired) electrons. The third-order valence-electron chi connectivity index (χ3n) is 2.55. The minimum atomic E-state index is -0.930. The Kier molecular flexibility index (Phi) is 3.89. The van der Waals surface area contributed by atoms with Gasteiger partial charge in [0, 0.05) is 6.07 Å². The predicted molar refractivity (Wildman–Crippen MR) is 65.2 cm³/mol. The fourth-order valence-corrected chi connectivity index (χ4v) is 1.55. The van der Waals surface area contributed by atoms with Gasteiger partial charge in [-0.1, -0.05) is 30.3 Å². The van der Waals surface area contributed by atoms with Crippen molar-refractivity contribution in [1.29, 1.82) is 0 Å². The van der Waals surface area contributed by atoms with Gasteiger partial charge >= 0.3 is 0 Å². The van der Waals surface area contributed by atoms with E-state index in [1.807, 2.05) is 30.3 Å². The molecule has 94 valence electrons. The van der Waals surface area contributed by atoms with Crippen molar-refractivity contribution >= 4 is 0 Å². The quantitative estimate of drug-likeness (QED) is 0.903. The zero-order valence-corrected chi connectivity index (χ0v) is 9.64. The van der Waals surface area contributed by atoms with Crippen LogP contribution >= 0.6 is 0 Å². The third kappa shape index (κ3) is 3.05. The normalized spacial score (nSPS) is 12.2. The van der Waals surface area contributed by atoms with E-state index in [2.05, 4.69) is 0 Å². The van der Waals surface area contributed by atoms with Crippen LogP contribution in [0.1, 0.15) is 11.6 Å². The molecular weight excluding hydrogens is 236 g/mol. The number of halogens is 2. The molecule has 1 unspecified atom stereocenters. The Bertz CT molecular complexity index is 516. The summed E-state index contributed by atoms with van der Waals surface area (Å²) in [6.07, 6.45) is 0. The molecule has 2 rings (SSSR count). The lowest BCUT2D eigenvalue weighted by atomic mass is 10.1. The molecule has 0 heterocycles. The van der Waals surface area contributed by atoms with Crippen LogP contribution in [0.5, 0.6) is 5.75 Å². The van der Waals surface area contributed by atoms with Gasteiger partial charge in [0.05, 0.1) is 6.04 Å². The van der Waals surface area contributed by atoms with E-state index < -0.39 is 11.6 Å². The molecule has 0 aliphatic rings. The van der Waals surface area contributed by atoms with Crippen LogP contribution in [0, 0.1) is 11.6 Å². The lowest BCUT2D eigenvalue weighted by Crippen LogP contribution is -2.18. The molecule has 0 aliphatic heterocycles. The summed E-state index contributed by atoms with van der Waals surface area (Å²) < 4.78 is 31.0. The summed E-state index contributed by atoms with van der Waals surface area (Å²) in [6, 6.07) is 12.5. The molecule has 0 aliphatic carbocycles. The van der Waals surface area contributed by atoms with Crippen LogP contribution in [0.2, 0.25) is 0 Å². The second-order valence-corrected chi connectivity index (χ2v) is 3.90. The zero-order chi connectivity index (χ0) is 13.0. The number of ether oxygens (including phenoxy) is 1. The van der Waals surface area contributed by atoms with Crippen molar-refractivity contribution in [3.63, 3.8) is 0 Å². The second kappa shape index (κ2) is 5.60. The van der Waals surface area contributed by atoms with Gasteiger partial charge in [0.15, 0.2) is 11.6 Å². The molecular formula is C14H13F2NO. The first-order valence-corrected chi connectivity index (χ1v) is 5.55. The maximum absolute atomic E-state index is 12.9. The summed E-state index contributed by atoms with van der Waals surface area (Å²) in [5, 5.41) is 0. The molecule has 0 saturated heterocycles. The zero-order valence-electron chi connectivity index (χ0n) is 9.64. The SMILES string of the molecule is NC(COc1ccc(F)c(F)c1)c1ccccc1. The van der Waals surface area contributed by atoms with Crippen molar-refractivity contribution in [2.24, 2.45) is 5.73 Å². The summed E-state index contributed by atoms with van der Waals surface area (Å²) in [7, 11) is 0. The summed E-state index contributed by atoms with van der Waals surface area (Å²) in [5.74, 6) is -1.56. The van der Waals surface area contributed by atoms with Gasteiger partial charge in [-0.3, -0.25) is 0 Å². The molecule has 2 nitrogen and oxygen atoms in total. The minimum Gasteiger partial charge on any atom is -0.492 e. The third-order valence-corrected chi connectivity index (χ3v) is 2.55. The average Bonchev–Trinajstić information content (AvgIpc) is 2.41. The van der Waals surface area contributed by atoms with Crippen molar-refractivity contribution in [1.82, 2.24) is 0 Å². The molecule has 0 bridgehead atoms. The van der Waals surface area contributed by atoms with Crippen LogP contribution in [0.25, 0.3) is 0 Å². The molecule has 1 atom stereocenters. The Balaban J connectivity index is 1.97. The number of benzene rings is 2. The largest absolute Gasteiger partial charge is 0.492 e. The standard InChI is InChI=1S/C14H13F2NO/c15-12-7-6-11(8-13(12)16)18-9-14(17)10-4-2-1-3-5-10/h1-8,14H,9,17H2. The smallest absolute Gasteiger partial charge is 0.162 e. The van der Waals surface area contributed by atoms with E-state index in [9.17, 15) is 8.78 Å². The Morgan fingerprint density at radius 2 is 1.72 bits per heavy atom. The van der Waals surface area contributed by atoms with E-state index in [0.717, 1.165) is 17.7 Å². The molecule has 4 heteroatoms. The average molecular weight is 249 g/mol. The van der Waals surface area contributed by atoms with Gasteiger partial charge in [0.1, 0.15) is 12.4 Å². The number of hydrogen-bond donors (Lipinski definition) is 1. The minimum absolute atomic E-state index is 0.203. The second-order valence-electron chi connectivity index (χ2n) is 3.90. The summed E-state index contributed by atoms with van der Waals surface area (Å²) in [5.41, 5.74) is 6.85. The molecule has 2 aromatic rings. The Hall–Kier alpha value is -1.94. The highest BCUT2D eigenvalue weighted by molar-refractivity contribution is 5.24. The summed E-state index contributed by atoms with van der Waals surface area (Å²) in [4.78, 5) is 0. The van der Waals surface area contributed by atoms with Gasteiger partial charge in [-0.25, -0.2) is 8.78 Å². The molecule has 2 N–H and O–H groups in total. The van der Waals surface area contributed by atoms with Crippen LogP contribution < -0.4 is 10.5 Å². The van der Waals surface area contributed by atoms with E-state index in [1.165, 1.54) is 6.07 Å². The van der Waals surface area contributed by atoms with Crippen LogP contribution in [0.3, 0.4) is 0 Å². The maximum atomic E-state index is 12.9. The summed E-state index contributed by atoms with van der Waals surface area (Å²) in [6.45, 7) is 0.203. The maximum Gasteiger partial charge on any atom is 0.162 e. The Morgan fingerprint density at radius 1 is 1.00 bits per heavy atom. The van der Waals surface area contributed by atoms with Gasteiger partial charge in [-0.15, -0.1) is 0 Å². The van der Waals surface area contributed by atoms with Gasteiger partial charge in [-0.2, -0.15) is 0 Å². The van der Waals surface area contributed by atoms with Crippen molar-refractivity contribution in [3.05, 3.63) is 65.7 Å². The Morgan fingerprint density at radius 3 is 2.39 bits per heavy atom. The lowest BCUT2D eigenvalue weighted by Gasteiger charge is -2.13. The van der Waals surface area contributed by atoms with E-state index in [4.69, 9.17) is 10.5 Å². The van der Waals surface area contributed by atoms with Gasteiger partial charge < -0.3 is 10.5 Å². The van der Waals surface area contributed by atoms with E-state index >= 15 is 0 Å². The first-order valence-electron chi connectivity index (χ1n) is 5.55. The molecule has 0 amide bonds. The first kappa shape index (κ1) is 12.5. The predicted octanol–water partition coefficient (Wildman–Crippen LogP) is 3.04. The van der Waals surface area contributed by atoms with Crippen molar-refractivity contribution in [2.75, 3.05) is 6.61 Å². The van der Waals surface area contributed by atoms with Crippen LogP contribution in [-0.4, -0.2) is 6.61 Å². The van der Waals surface area contributed by atoms with Crippen LogP contribution in [-0.2, 0) is 0 Å². The molecule has 0 aromatic heterocycles. The van der Waals surface area contributed by atoms with Gasteiger partial charge in [-0.05, 0) is 17.7 Å². The Labute approximate surface area is 104 Å². The molecule has 2 aromatic carbocycles. The number of nitrogens with two attached hydrogens (primary N) is 1. The van der Waals surface area contributed by atoms with E-state index in [-0.39, 0.29) is 18.4 Å². The highest BCUT2D eigenvalue weighted by Gasteiger charge is 2.08. The molecule has 0 saturated carbocycles. The van der Waals surface area contributed by atoms with Crippen LogP contribution in [0.15, 0.2) is 48.5 Å². The highest BCUT2D eigenvalue weighted by atomic mass is 19.2. The fourth-order valence-electron chi connectivity index (χ4n) is 1.55. The monoisotopic (exact) mass is 249 g/mol. The molecule has 0 fully saturated rings. The van der Waals surface area contributed by atoms with Gasteiger partial charge in [0.25, 0.3) is 0 Å². The first-order chi connectivity index (χ1) is 8.66. The van der Waals surface area contributed by atoms with E-state index in [1.54, 1.807) is 0 Å². The topological polar surface area (TPSA) is 35.2 Å². The van der Waals surface area contributed by atoms with E-state index in [0.29, 0.717) is 0 Å². The lowest BCUT2D eigenvalue weighted by molar-refractivity contribution is 0.288. The molecule has 0 spiro atoms.